The van der Waals surface area contributed by atoms with E-state index >= 15 is 0 Å². The summed E-state index contributed by atoms with van der Waals surface area (Å²) in [4.78, 5) is 38.9. The molecule has 0 saturated carbocycles. The Labute approximate surface area is 173 Å². The maximum absolute atomic E-state index is 12.8. The molecule has 2 aromatic carbocycles. The predicted octanol–water partition coefficient (Wildman–Crippen LogP) is 3.03. The standard InChI is InChI=1S/C18H13BrClN5O3/c19-10-1-5-12(6-2-10)21-14(26)9-24-16-15(22-23-24)17(27)25(18(16)28)13-7-3-11(20)4-8-13/h1-8,15-16H,9H2,(H,21,26)/t15-,16+/m1/s1. The number of hydrogen-bond donors (Lipinski definition) is 1. The molecule has 0 unspecified atom stereocenters. The molecule has 4 rings (SSSR count). The lowest BCUT2D eigenvalue weighted by Crippen LogP contribution is -2.43. The average molecular weight is 463 g/mol. The van der Waals surface area contributed by atoms with Crippen LogP contribution in [0.5, 0.6) is 0 Å². The van der Waals surface area contributed by atoms with Gasteiger partial charge in [-0.05, 0) is 48.5 Å². The largest absolute Gasteiger partial charge is 0.324 e. The summed E-state index contributed by atoms with van der Waals surface area (Å²) in [6, 6.07) is 11.5. The lowest BCUT2D eigenvalue weighted by molar-refractivity contribution is -0.123. The second-order valence-corrected chi connectivity index (χ2v) is 7.59. The number of benzene rings is 2. The molecule has 2 heterocycles. The summed E-state index contributed by atoms with van der Waals surface area (Å²) < 4.78 is 0.888. The molecule has 2 aliphatic rings. The second-order valence-electron chi connectivity index (χ2n) is 6.24. The minimum Gasteiger partial charge on any atom is -0.324 e. The topological polar surface area (TPSA) is 94.4 Å². The smallest absolute Gasteiger partial charge is 0.263 e. The number of nitrogens with one attached hydrogen (secondary N) is 1. The van der Waals surface area contributed by atoms with E-state index in [4.69, 9.17) is 11.6 Å². The monoisotopic (exact) mass is 461 g/mol. The molecule has 1 fully saturated rings. The zero-order valence-electron chi connectivity index (χ0n) is 14.3. The Morgan fingerprint density at radius 2 is 1.75 bits per heavy atom. The fourth-order valence-electron chi connectivity index (χ4n) is 3.08. The van der Waals surface area contributed by atoms with Crippen molar-refractivity contribution in [2.45, 2.75) is 12.1 Å². The maximum Gasteiger partial charge on any atom is 0.263 e. The van der Waals surface area contributed by atoms with Crippen molar-refractivity contribution in [3.05, 3.63) is 58.0 Å². The molecule has 2 aliphatic heterocycles. The minimum absolute atomic E-state index is 0.200. The second kappa shape index (κ2) is 7.33. The predicted molar refractivity (Wildman–Crippen MR) is 106 cm³/mol. The Kier molecular flexibility index (Phi) is 4.86. The summed E-state index contributed by atoms with van der Waals surface area (Å²) in [7, 11) is 0. The third kappa shape index (κ3) is 3.38. The third-order valence-corrected chi connectivity index (χ3v) is 5.16. The highest BCUT2D eigenvalue weighted by Gasteiger charge is 2.55. The van der Waals surface area contributed by atoms with Gasteiger partial charge in [0.1, 0.15) is 6.54 Å². The molecule has 1 saturated heterocycles. The van der Waals surface area contributed by atoms with Gasteiger partial charge in [0, 0.05) is 15.2 Å². The van der Waals surface area contributed by atoms with Crippen LogP contribution in [-0.2, 0) is 14.4 Å². The summed E-state index contributed by atoms with van der Waals surface area (Å²) >= 11 is 9.19. The van der Waals surface area contributed by atoms with E-state index in [1.165, 1.54) is 5.01 Å². The molecule has 0 aliphatic carbocycles. The molecule has 0 aromatic heterocycles. The Morgan fingerprint density at radius 1 is 1.07 bits per heavy atom. The highest BCUT2D eigenvalue weighted by Crippen LogP contribution is 2.32. The number of carbonyl (C=O) groups excluding carboxylic acids is 3. The number of anilines is 2. The van der Waals surface area contributed by atoms with E-state index in [1.54, 1.807) is 48.5 Å². The van der Waals surface area contributed by atoms with E-state index in [1.807, 2.05) is 0 Å². The normalized spacial score (nSPS) is 20.6. The number of nitrogens with zero attached hydrogens (tertiary/aromatic N) is 4. The van der Waals surface area contributed by atoms with Gasteiger partial charge in [-0.2, -0.15) is 5.11 Å². The highest BCUT2D eigenvalue weighted by atomic mass is 79.9. The molecule has 0 spiro atoms. The molecule has 28 heavy (non-hydrogen) atoms. The molecule has 142 valence electrons. The van der Waals surface area contributed by atoms with E-state index in [0.29, 0.717) is 16.4 Å². The van der Waals surface area contributed by atoms with Crippen molar-refractivity contribution in [3.8, 4) is 0 Å². The van der Waals surface area contributed by atoms with Crippen molar-refractivity contribution < 1.29 is 14.4 Å². The summed E-state index contributed by atoms with van der Waals surface area (Å²) in [5, 5.41) is 12.2. The SMILES string of the molecule is O=C(CN1N=N[C@H]2C(=O)N(c3ccc(Cl)cc3)C(=O)[C@H]21)Nc1ccc(Br)cc1. The van der Waals surface area contributed by atoms with Crippen LogP contribution in [-0.4, -0.2) is 41.4 Å². The first-order valence-corrected chi connectivity index (χ1v) is 9.47. The molecule has 0 radical (unpaired) electrons. The van der Waals surface area contributed by atoms with Crippen LogP contribution in [0.2, 0.25) is 5.02 Å². The van der Waals surface area contributed by atoms with Gasteiger partial charge in [-0.1, -0.05) is 32.8 Å². The van der Waals surface area contributed by atoms with Crippen molar-refractivity contribution in [2.24, 2.45) is 10.3 Å². The molecule has 0 bridgehead atoms. The van der Waals surface area contributed by atoms with Crippen molar-refractivity contribution in [1.29, 1.82) is 0 Å². The van der Waals surface area contributed by atoms with Crippen LogP contribution in [0, 0.1) is 0 Å². The highest BCUT2D eigenvalue weighted by molar-refractivity contribution is 9.10. The van der Waals surface area contributed by atoms with Crippen molar-refractivity contribution in [2.75, 3.05) is 16.8 Å². The summed E-state index contributed by atoms with van der Waals surface area (Å²) in [5.41, 5.74) is 1.01. The van der Waals surface area contributed by atoms with Gasteiger partial charge < -0.3 is 5.32 Å². The van der Waals surface area contributed by atoms with Crippen LogP contribution in [0.1, 0.15) is 0 Å². The first-order chi connectivity index (χ1) is 13.4. The molecule has 8 nitrogen and oxygen atoms in total. The van der Waals surface area contributed by atoms with E-state index < -0.39 is 23.9 Å². The fourth-order valence-corrected chi connectivity index (χ4v) is 3.47. The van der Waals surface area contributed by atoms with Crippen LogP contribution in [0.15, 0.2) is 63.3 Å². The minimum atomic E-state index is -0.955. The van der Waals surface area contributed by atoms with Crippen LogP contribution < -0.4 is 10.2 Å². The lowest BCUT2D eigenvalue weighted by atomic mass is 10.1. The lowest BCUT2D eigenvalue weighted by Gasteiger charge is -2.20. The van der Waals surface area contributed by atoms with Crippen molar-refractivity contribution in [3.63, 3.8) is 0 Å². The van der Waals surface area contributed by atoms with Gasteiger partial charge in [-0.25, -0.2) is 4.90 Å². The number of carbonyl (C=O) groups is 3. The maximum atomic E-state index is 12.8. The van der Waals surface area contributed by atoms with E-state index in [0.717, 1.165) is 9.37 Å². The summed E-state index contributed by atoms with van der Waals surface area (Å²) in [6.07, 6.45) is 0. The van der Waals surface area contributed by atoms with E-state index in [-0.39, 0.29) is 12.5 Å². The fraction of sp³-hybridized carbons (Fsp3) is 0.167. The Hall–Kier alpha value is -2.78. The van der Waals surface area contributed by atoms with Gasteiger partial charge in [0.25, 0.3) is 11.8 Å². The zero-order valence-corrected chi connectivity index (χ0v) is 16.6. The van der Waals surface area contributed by atoms with Gasteiger partial charge in [0.05, 0.1) is 5.69 Å². The number of fused-ring (bicyclic) bond motifs is 1. The number of hydrogen-bond acceptors (Lipinski definition) is 6. The van der Waals surface area contributed by atoms with Crippen LogP contribution in [0.25, 0.3) is 0 Å². The van der Waals surface area contributed by atoms with Crippen LogP contribution in [0.4, 0.5) is 11.4 Å². The number of amides is 3. The quantitative estimate of drug-likeness (QED) is 0.707. The van der Waals surface area contributed by atoms with Crippen LogP contribution >= 0.6 is 27.5 Å². The molecule has 1 N–H and O–H groups in total. The van der Waals surface area contributed by atoms with Gasteiger partial charge >= 0.3 is 0 Å². The Balaban J connectivity index is 1.48. The van der Waals surface area contributed by atoms with Gasteiger partial charge in [0.15, 0.2) is 12.1 Å². The first kappa shape index (κ1) is 18.6. The molecule has 2 aromatic rings. The van der Waals surface area contributed by atoms with Crippen molar-refractivity contribution >= 4 is 56.6 Å². The van der Waals surface area contributed by atoms with E-state index in [2.05, 4.69) is 31.6 Å². The van der Waals surface area contributed by atoms with Crippen molar-refractivity contribution in [1.82, 2.24) is 5.01 Å². The zero-order chi connectivity index (χ0) is 19.8. The third-order valence-electron chi connectivity index (χ3n) is 4.38. The van der Waals surface area contributed by atoms with Gasteiger partial charge in [-0.3, -0.25) is 19.4 Å². The van der Waals surface area contributed by atoms with E-state index in [9.17, 15) is 14.4 Å². The van der Waals surface area contributed by atoms with Crippen LogP contribution in [0.3, 0.4) is 0 Å². The van der Waals surface area contributed by atoms with Gasteiger partial charge in [-0.15, -0.1) is 0 Å². The number of imide groups is 1. The molecular formula is C18H13BrClN5O3. The molecule has 10 heteroatoms. The number of halogens is 2. The first-order valence-electron chi connectivity index (χ1n) is 8.30. The van der Waals surface area contributed by atoms with Gasteiger partial charge in [0.2, 0.25) is 5.91 Å². The number of rotatable bonds is 4. The molecular weight excluding hydrogens is 450 g/mol. The average Bonchev–Trinajstić information content (AvgIpc) is 3.18. The molecule has 2 atom stereocenters. The summed E-state index contributed by atoms with van der Waals surface area (Å²) in [5.74, 6) is -1.32. The Bertz CT molecular complexity index is 980. The molecule has 3 amide bonds. The Morgan fingerprint density at radius 3 is 2.43 bits per heavy atom. The summed E-state index contributed by atoms with van der Waals surface area (Å²) in [6.45, 7) is -0.200.